The number of hydrogen-bond acceptors (Lipinski definition) is 0. The predicted octanol–water partition coefficient (Wildman–Crippen LogP) is 6.32. The van der Waals surface area contributed by atoms with E-state index >= 15 is 0 Å². The summed E-state index contributed by atoms with van der Waals surface area (Å²) in [5, 5.41) is 5.64. The van der Waals surface area contributed by atoms with Gasteiger partial charge in [-0.1, -0.05) is 125 Å². The van der Waals surface area contributed by atoms with Gasteiger partial charge in [0.1, 0.15) is 0 Å². The van der Waals surface area contributed by atoms with Crippen LogP contribution in [0.5, 0.6) is 0 Å². The van der Waals surface area contributed by atoms with E-state index in [-0.39, 0.29) is 0 Å². The molecule has 4 aliphatic carbocycles. The number of rotatable bonds is 3. The molecule has 0 bridgehead atoms. The summed E-state index contributed by atoms with van der Waals surface area (Å²) in [5.74, 6) is 0.602. The van der Waals surface area contributed by atoms with Gasteiger partial charge in [0.15, 0.2) is 0 Å². The predicted molar refractivity (Wildman–Crippen MR) is 169 cm³/mol. The lowest BCUT2D eigenvalue weighted by atomic mass is 9.85. The van der Waals surface area contributed by atoms with Crippen molar-refractivity contribution >= 4 is 24.3 Å². The molecule has 0 aromatic heterocycles. The third kappa shape index (κ3) is 3.95. The fraction of sp³-hybridized carbons (Fsp3) is 0.300. The number of benzene rings is 4. The molecular weight excluding hydrogens is 480 g/mol. The molecule has 0 saturated carbocycles. The van der Waals surface area contributed by atoms with E-state index in [0.29, 0.717) is 22.7 Å². The van der Waals surface area contributed by atoms with Crippen molar-refractivity contribution in [2.75, 3.05) is 0 Å². The number of fused-ring (bicyclic) bond motifs is 4. The van der Waals surface area contributed by atoms with Gasteiger partial charge in [-0.2, -0.15) is 0 Å². The van der Waals surface area contributed by atoms with Crippen LogP contribution in [0.25, 0.3) is 35.4 Å². The molecule has 0 heteroatoms. The van der Waals surface area contributed by atoms with Gasteiger partial charge in [0.25, 0.3) is 0 Å². The van der Waals surface area contributed by atoms with Crippen LogP contribution in [0.3, 0.4) is 0 Å². The molecule has 198 valence electrons. The monoisotopic (exact) mass is 518 g/mol. The molecule has 4 aromatic rings. The lowest BCUT2D eigenvalue weighted by Crippen LogP contribution is -2.22. The van der Waals surface area contributed by atoms with Gasteiger partial charge in [0.05, 0.1) is 0 Å². The fourth-order valence-corrected chi connectivity index (χ4v) is 8.17. The van der Waals surface area contributed by atoms with Crippen molar-refractivity contribution in [2.45, 2.75) is 65.2 Å². The van der Waals surface area contributed by atoms with Gasteiger partial charge in [-0.3, -0.25) is 0 Å². The lowest BCUT2D eigenvalue weighted by molar-refractivity contribution is 0.392. The molecule has 0 amide bonds. The number of hydrogen-bond donors (Lipinski definition) is 0. The van der Waals surface area contributed by atoms with Crippen molar-refractivity contribution < 1.29 is 0 Å². The average Bonchev–Trinajstić information content (AvgIpc) is 3.65. The van der Waals surface area contributed by atoms with Crippen LogP contribution >= 0.6 is 0 Å². The second-order valence-electron chi connectivity index (χ2n) is 14.4. The van der Waals surface area contributed by atoms with Gasteiger partial charge in [-0.15, -0.1) is 0 Å². The third-order valence-corrected chi connectivity index (χ3v) is 9.85. The molecule has 0 fully saturated rings. The SMILES string of the molecule is CC1(C)Cc2cc3c(cc2C1)=CC(c1ccccc1-c1ccccc1C1C=c2cc4c(cc2=C1)CC(C)(C)C4)C=3. The van der Waals surface area contributed by atoms with Crippen LogP contribution < -0.4 is 20.9 Å². The summed E-state index contributed by atoms with van der Waals surface area (Å²) in [6, 6.07) is 28.1. The van der Waals surface area contributed by atoms with Crippen molar-refractivity contribution in [1.29, 1.82) is 0 Å². The largest absolute Gasteiger partial charge is 0.0653 e. The summed E-state index contributed by atoms with van der Waals surface area (Å²) in [7, 11) is 0. The first-order valence-corrected chi connectivity index (χ1v) is 15.1. The molecule has 0 spiro atoms. The molecule has 4 aromatic carbocycles. The molecule has 0 saturated heterocycles. The minimum Gasteiger partial charge on any atom is -0.0653 e. The summed E-state index contributed by atoms with van der Waals surface area (Å²) < 4.78 is 0. The Balaban J connectivity index is 1.19. The first-order valence-electron chi connectivity index (χ1n) is 15.1. The van der Waals surface area contributed by atoms with E-state index in [9.17, 15) is 0 Å². The maximum atomic E-state index is 2.50. The molecule has 0 nitrogen and oxygen atoms in total. The van der Waals surface area contributed by atoms with Gasteiger partial charge in [-0.25, -0.2) is 0 Å². The minimum absolute atomic E-state index is 0.301. The smallest absolute Gasteiger partial charge is 0.0222 e. The summed E-state index contributed by atoms with van der Waals surface area (Å²) in [6.45, 7) is 9.58. The average molecular weight is 519 g/mol. The summed E-state index contributed by atoms with van der Waals surface area (Å²) in [6.07, 6.45) is 14.7. The second-order valence-corrected chi connectivity index (χ2v) is 14.4. The molecule has 0 heterocycles. The van der Waals surface area contributed by atoms with Gasteiger partial charge in [-0.05, 0) is 102 Å². The van der Waals surface area contributed by atoms with Crippen LogP contribution in [0.1, 0.15) is 72.9 Å². The van der Waals surface area contributed by atoms with Crippen LogP contribution in [0.2, 0.25) is 0 Å². The maximum absolute atomic E-state index is 2.50. The van der Waals surface area contributed by atoms with E-state index in [1.165, 1.54) is 68.8 Å². The highest BCUT2D eigenvalue weighted by atomic mass is 14.3. The summed E-state index contributed by atoms with van der Waals surface area (Å²) >= 11 is 0. The molecule has 0 atom stereocenters. The molecule has 0 aliphatic heterocycles. The van der Waals surface area contributed by atoms with Crippen LogP contribution in [0, 0.1) is 10.8 Å². The maximum Gasteiger partial charge on any atom is 0.0222 e. The highest BCUT2D eigenvalue weighted by Gasteiger charge is 2.30. The normalized spacial score (nSPS) is 19.6. The van der Waals surface area contributed by atoms with E-state index in [1.807, 2.05) is 0 Å². The lowest BCUT2D eigenvalue weighted by Gasteiger charge is -2.18. The topological polar surface area (TPSA) is 0 Å². The second kappa shape index (κ2) is 8.43. The van der Waals surface area contributed by atoms with Crippen LogP contribution in [-0.2, 0) is 25.7 Å². The highest BCUT2D eigenvalue weighted by molar-refractivity contribution is 5.79. The zero-order valence-electron chi connectivity index (χ0n) is 24.2. The van der Waals surface area contributed by atoms with Crippen molar-refractivity contribution in [3.05, 3.63) is 127 Å². The van der Waals surface area contributed by atoms with E-state index in [2.05, 4.69) is 125 Å². The zero-order chi connectivity index (χ0) is 27.2. The van der Waals surface area contributed by atoms with Gasteiger partial charge in [0.2, 0.25) is 0 Å². The Morgan fingerprint density at radius 2 is 0.750 bits per heavy atom. The van der Waals surface area contributed by atoms with Crippen molar-refractivity contribution in [3.63, 3.8) is 0 Å². The third-order valence-electron chi connectivity index (χ3n) is 9.85. The summed E-state index contributed by atoms with van der Waals surface area (Å²) in [4.78, 5) is 0. The first kappa shape index (κ1) is 24.2. The van der Waals surface area contributed by atoms with Crippen molar-refractivity contribution in [1.82, 2.24) is 0 Å². The van der Waals surface area contributed by atoms with Crippen LogP contribution in [-0.4, -0.2) is 0 Å². The Hall–Kier alpha value is -3.64. The van der Waals surface area contributed by atoms with Gasteiger partial charge >= 0.3 is 0 Å². The van der Waals surface area contributed by atoms with Gasteiger partial charge < -0.3 is 0 Å². The Labute approximate surface area is 238 Å². The fourth-order valence-electron chi connectivity index (χ4n) is 8.17. The minimum atomic E-state index is 0.301. The van der Waals surface area contributed by atoms with Gasteiger partial charge in [0, 0.05) is 11.8 Å². The standard InChI is InChI=1S/C40H38/c1-39(2)21-31-17-25-13-29(14-26(25)18-32(31)22-39)35-9-5-7-11-37(35)38-12-8-6-10-36(38)30-15-27-19-33-23-40(3,4)24-34(33)20-28(27)16-30/h5-20,29-30H,21-24H2,1-4H3. The quantitative estimate of drug-likeness (QED) is 0.298. The summed E-state index contributed by atoms with van der Waals surface area (Å²) in [5.41, 5.74) is 12.5. The molecule has 40 heavy (non-hydrogen) atoms. The molecular formula is C40H38. The van der Waals surface area contributed by atoms with Crippen LogP contribution in [0.4, 0.5) is 0 Å². The van der Waals surface area contributed by atoms with E-state index < -0.39 is 0 Å². The molecule has 0 unspecified atom stereocenters. The van der Waals surface area contributed by atoms with E-state index in [0.717, 1.165) is 0 Å². The van der Waals surface area contributed by atoms with Crippen molar-refractivity contribution in [2.24, 2.45) is 10.8 Å². The Kier molecular flexibility index (Phi) is 5.10. The Morgan fingerprint density at radius 3 is 1.07 bits per heavy atom. The first-order chi connectivity index (χ1) is 19.2. The highest BCUT2D eigenvalue weighted by Crippen LogP contribution is 2.39. The Morgan fingerprint density at radius 1 is 0.450 bits per heavy atom. The molecule has 8 rings (SSSR count). The van der Waals surface area contributed by atoms with E-state index in [4.69, 9.17) is 0 Å². The Bertz CT molecular complexity index is 1720. The molecule has 4 aliphatic rings. The molecule has 0 radical (unpaired) electrons. The van der Waals surface area contributed by atoms with Crippen LogP contribution in [0.15, 0.2) is 72.8 Å². The van der Waals surface area contributed by atoms with E-state index in [1.54, 1.807) is 22.3 Å². The molecule has 0 N–H and O–H groups in total. The van der Waals surface area contributed by atoms with Crippen molar-refractivity contribution in [3.8, 4) is 11.1 Å². The zero-order valence-corrected chi connectivity index (χ0v) is 24.2.